The predicted molar refractivity (Wildman–Crippen MR) is 149 cm³/mol. The van der Waals surface area contributed by atoms with Gasteiger partial charge in [0.05, 0.1) is 34.1 Å². The minimum Gasteiger partial charge on any atom is -0.358 e. The number of nitrogens with one attached hydrogen (secondary N) is 3. The first-order valence-electron chi connectivity index (χ1n) is 12.9. The summed E-state index contributed by atoms with van der Waals surface area (Å²) in [5.74, 6) is 1.24. The zero-order chi connectivity index (χ0) is 24.8. The van der Waals surface area contributed by atoms with E-state index in [-0.39, 0.29) is 0 Å². The molecule has 2 aliphatic rings. The highest BCUT2D eigenvalue weighted by Gasteiger charge is 2.19. The van der Waals surface area contributed by atoms with Crippen molar-refractivity contribution in [1.82, 2.24) is 30.1 Å². The average Bonchev–Trinajstić information content (AvgIpc) is 3.74. The molecule has 182 valence electrons. The Kier molecular flexibility index (Phi) is 5.20. The molecule has 0 spiro atoms. The van der Waals surface area contributed by atoms with Crippen molar-refractivity contribution in [3.8, 4) is 22.8 Å². The van der Waals surface area contributed by atoms with Crippen LogP contribution in [0.15, 0.2) is 79.3 Å². The van der Waals surface area contributed by atoms with Gasteiger partial charge in [-0.3, -0.25) is 10.1 Å². The quantitative estimate of drug-likeness (QED) is 0.240. The lowest BCUT2D eigenvalue weighted by molar-refractivity contribution is 0.649. The third-order valence-corrected chi connectivity index (χ3v) is 7.41. The first kappa shape index (κ1) is 21.7. The second kappa shape index (κ2) is 8.85. The van der Waals surface area contributed by atoms with Gasteiger partial charge < -0.3 is 10.3 Å². The summed E-state index contributed by atoms with van der Waals surface area (Å²) in [6.45, 7) is 4.28. The van der Waals surface area contributed by atoms with E-state index in [1.165, 1.54) is 31.3 Å². The van der Waals surface area contributed by atoms with Crippen molar-refractivity contribution in [1.29, 1.82) is 0 Å². The highest BCUT2D eigenvalue weighted by Crippen LogP contribution is 2.33. The highest BCUT2D eigenvalue weighted by atomic mass is 15.1. The number of para-hydroxylation sites is 1. The lowest BCUT2D eigenvalue weighted by Crippen LogP contribution is -2.07. The first-order chi connectivity index (χ1) is 18.2. The smallest absolute Gasteiger partial charge is 0.161 e. The Morgan fingerprint density at radius 1 is 1.00 bits per heavy atom. The van der Waals surface area contributed by atoms with Gasteiger partial charge in [0.2, 0.25) is 0 Å². The third-order valence-electron chi connectivity index (χ3n) is 7.41. The van der Waals surface area contributed by atoms with Crippen molar-refractivity contribution in [2.24, 2.45) is 5.92 Å². The summed E-state index contributed by atoms with van der Waals surface area (Å²) in [5, 5.41) is 11.2. The maximum absolute atomic E-state index is 4.98. The molecule has 0 unspecified atom stereocenters. The van der Waals surface area contributed by atoms with Crippen LogP contribution in [0, 0.1) is 5.92 Å². The fourth-order valence-corrected chi connectivity index (χ4v) is 5.47. The monoisotopic (exact) mass is 485 g/mol. The van der Waals surface area contributed by atoms with Gasteiger partial charge in [0, 0.05) is 23.0 Å². The maximum Gasteiger partial charge on any atom is 0.161 e. The van der Waals surface area contributed by atoms with Crippen LogP contribution < -0.4 is 5.32 Å². The van der Waals surface area contributed by atoms with Gasteiger partial charge in [0.15, 0.2) is 11.5 Å². The number of aromatic amines is 2. The molecule has 4 aromatic heterocycles. The standard InChI is InChI=1S/C30H27N7/c1-18(19-7-2-3-8-19)32-22-15-21(16-31-17-22)24-13-14-26-28(33-24)29(37-36-26)30-34-25-12-6-11-23(27(25)35-30)20-9-4-5-10-20/h4,6,9-17,19,32H,1-3,5,7-8H2,(H,34,35)(H,36,37). The molecule has 0 aliphatic heterocycles. The van der Waals surface area contributed by atoms with Crippen LogP contribution in [0.2, 0.25) is 0 Å². The van der Waals surface area contributed by atoms with Gasteiger partial charge in [-0.2, -0.15) is 5.10 Å². The molecule has 4 heterocycles. The van der Waals surface area contributed by atoms with E-state index < -0.39 is 0 Å². The van der Waals surface area contributed by atoms with Crippen LogP contribution >= 0.6 is 0 Å². The van der Waals surface area contributed by atoms with Crippen molar-refractivity contribution in [2.45, 2.75) is 32.1 Å². The summed E-state index contributed by atoms with van der Waals surface area (Å²) in [6, 6.07) is 12.3. The molecule has 0 saturated heterocycles. The molecule has 1 saturated carbocycles. The summed E-state index contributed by atoms with van der Waals surface area (Å²) < 4.78 is 0. The normalized spacial score (nSPS) is 15.6. The number of allylic oxidation sites excluding steroid dienone is 5. The predicted octanol–water partition coefficient (Wildman–Crippen LogP) is 7.02. The zero-order valence-electron chi connectivity index (χ0n) is 20.5. The Morgan fingerprint density at radius 2 is 1.92 bits per heavy atom. The maximum atomic E-state index is 4.98. The van der Waals surface area contributed by atoms with Crippen molar-refractivity contribution in [3.63, 3.8) is 0 Å². The molecule has 7 heteroatoms. The molecule has 7 rings (SSSR count). The Bertz CT molecular complexity index is 1710. The molecule has 7 nitrogen and oxygen atoms in total. The van der Waals surface area contributed by atoms with Gasteiger partial charge in [-0.25, -0.2) is 9.97 Å². The summed E-state index contributed by atoms with van der Waals surface area (Å²) in [5.41, 5.74) is 10.3. The van der Waals surface area contributed by atoms with E-state index in [9.17, 15) is 0 Å². The van der Waals surface area contributed by atoms with E-state index in [0.717, 1.165) is 56.7 Å². The zero-order valence-corrected chi connectivity index (χ0v) is 20.5. The second-order valence-electron chi connectivity index (χ2n) is 9.84. The first-order valence-corrected chi connectivity index (χ1v) is 12.9. The molecule has 0 amide bonds. The Balaban J connectivity index is 1.24. The summed E-state index contributed by atoms with van der Waals surface area (Å²) in [7, 11) is 0. The Hall–Kier alpha value is -4.52. The number of benzene rings is 1. The molecule has 0 bridgehead atoms. The van der Waals surface area contributed by atoms with Crippen LogP contribution in [0.25, 0.3) is 50.4 Å². The van der Waals surface area contributed by atoms with E-state index in [0.29, 0.717) is 17.4 Å². The van der Waals surface area contributed by atoms with Crippen LogP contribution in [0.1, 0.15) is 37.7 Å². The summed E-state index contributed by atoms with van der Waals surface area (Å²) in [4.78, 5) is 17.9. The topological polar surface area (TPSA) is 95.2 Å². The van der Waals surface area contributed by atoms with Gasteiger partial charge in [0.1, 0.15) is 5.52 Å². The Morgan fingerprint density at radius 3 is 2.78 bits per heavy atom. The lowest BCUT2D eigenvalue weighted by atomic mass is 10.0. The molecule has 1 fully saturated rings. The van der Waals surface area contributed by atoms with Crippen LogP contribution in [0.3, 0.4) is 0 Å². The van der Waals surface area contributed by atoms with Crippen LogP contribution in [0.4, 0.5) is 5.69 Å². The van der Waals surface area contributed by atoms with Gasteiger partial charge >= 0.3 is 0 Å². The Labute approximate surface area is 214 Å². The highest BCUT2D eigenvalue weighted by molar-refractivity contribution is 5.96. The van der Waals surface area contributed by atoms with Crippen LogP contribution in [-0.2, 0) is 0 Å². The molecule has 1 aromatic carbocycles. The molecule has 0 atom stereocenters. The van der Waals surface area contributed by atoms with E-state index >= 15 is 0 Å². The van der Waals surface area contributed by atoms with Crippen LogP contribution in [0.5, 0.6) is 0 Å². The number of rotatable bonds is 6. The third kappa shape index (κ3) is 3.93. The molecule has 37 heavy (non-hydrogen) atoms. The van der Waals surface area contributed by atoms with E-state index in [4.69, 9.17) is 9.97 Å². The van der Waals surface area contributed by atoms with E-state index in [2.05, 4.69) is 68.5 Å². The molecule has 3 N–H and O–H groups in total. The molecular weight excluding hydrogens is 458 g/mol. The number of aromatic nitrogens is 6. The number of hydrogen-bond acceptors (Lipinski definition) is 5. The van der Waals surface area contributed by atoms with E-state index in [1.807, 2.05) is 30.6 Å². The number of imidazole rings is 1. The SMILES string of the molecule is C=C(Nc1cncc(-c2ccc3[nH]nc(-c4nc5c(C6=CCC=C6)cccc5[nH]4)c3n2)c1)C1CCCC1. The molecular formula is C30H27N7. The summed E-state index contributed by atoms with van der Waals surface area (Å²) in [6.07, 6.45) is 16.2. The number of hydrogen-bond donors (Lipinski definition) is 3. The van der Waals surface area contributed by atoms with Crippen LogP contribution in [-0.4, -0.2) is 30.1 Å². The van der Waals surface area contributed by atoms with Gasteiger partial charge in [-0.1, -0.05) is 49.8 Å². The second-order valence-corrected chi connectivity index (χ2v) is 9.84. The number of pyridine rings is 2. The van der Waals surface area contributed by atoms with E-state index in [1.54, 1.807) is 0 Å². The molecule has 2 aliphatic carbocycles. The fraction of sp³-hybridized carbons (Fsp3) is 0.200. The number of anilines is 1. The van der Waals surface area contributed by atoms with Crippen molar-refractivity contribution in [3.05, 3.63) is 84.9 Å². The van der Waals surface area contributed by atoms with Gasteiger partial charge in [0.25, 0.3) is 0 Å². The molecule has 0 radical (unpaired) electrons. The van der Waals surface area contributed by atoms with Gasteiger partial charge in [-0.15, -0.1) is 0 Å². The van der Waals surface area contributed by atoms with Crippen molar-refractivity contribution >= 4 is 33.3 Å². The minimum absolute atomic E-state index is 0.539. The average molecular weight is 486 g/mol. The van der Waals surface area contributed by atoms with Gasteiger partial charge in [-0.05, 0) is 55.0 Å². The van der Waals surface area contributed by atoms with Crippen molar-refractivity contribution < 1.29 is 0 Å². The minimum atomic E-state index is 0.539. The summed E-state index contributed by atoms with van der Waals surface area (Å²) >= 11 is 0. The number of nitrogens with zero attached hydrogens (tertiary/aromatic N) is 4. The fourth-order valence-electron chi connectivity index (χ4n) is 5.47. The molecule has 5 aromatic rings. The van der Waals surface area contributed by atoms with Crippen molar-refractivity contribution in [2.75, 3.05) is 5.32 Å². The lowest BCUT2D eigenvalue weighted by Gasteiger charge is -2.15. The number of H-pyrrole nitrogens is 2. The number of fused-ring (bicyclic) bond motifs is 2. The largest absolute Gasteiger partial charge is 0.358 e.